The van der Waals surface area contributed by atoms with Gasteiger partial charge in [0.1, 0.15) is 0 Å². The van der Waals surface area contributed by atoms with Crippen LogP contribution in [0.2, 0.25) is 0 Å². The molecule has 0 aliphatic heterocycles. The van der Waals surface area contributed by atoms with Gasteiger partial charge in [0, 0.05) is 18.5 Å². The third kappa shape index (κ3) is 2.78. The number of hydrogen-bond donors (Lipinski definition) is 1. The van der Waals surface area contributed by atoms with E-state index in [-0.39, 0.29) is 0 Å². The van der Waals surface area contributed by atoms with E-state index in [0.717, 1.165) is 25.6 Å². The van der Waals surface area contributed by atoms with Crippen molar-refractivity contribution in [1.82, 2.24) is 15.1 Å². The Labute approximate surface area is 120 Å². The molecular formula is C17H23N3. The minimum atomic E-state index is 0.791. The smallest absolute Gasteiger partial charge is 0.0841 e. The Morgan fingerprint density at radius 3 is 3.00 bits per heavy atom. The quantitative estimate of drug-likeness (QED) is 0.842. The summed E-state index contributed by atoms with van der Waals surface area (Å²) in [6, 6.07) is 8.51. The van der Waals surface area contributed by atoms with Gasteiger partial charge in [0.2, 0.25) is 0 Å². The molecule has 20 heavy (non-hydrogen) atoms. The first-order chi connectivity index (χ1) is 9.88. The van der Waals surface area contributed by atoms with Gasteiger partial charge in [0.05, 0.1) is 11.2 Å². The molecular weight excluding hydrogens is 246 g/mol. The zero-order chi connectivity index (χ0) is 13.8. The molecule has 1 heterocycles. The normalized spacial score (nSPS) is 18.8. The number of para-hydroxylation sites is 1. The van der Waals surface area contributed by atoms with Crippen molar-refractivity contribution in [3.05, 3.63) is 42.1 Å². The molecule has 0 amide bonds. The third-order valence-electron chi connectivity index (χ3n) is 4.14. The van der Waals surface area contributed by atoms with Crippen LogP contribution in [0, 0.1) is 5.92 Å². The molecule has 3 rings (SSSR count). The van der Waals surface area contributed by atoms with E-state index < -0.39 is 0 Å². The lowest BCUT2D eigenvalue weighted by Crippen LogP contribution is -2.23. The minimum Gasteiger partial charge on any atom is -0.311 e. The van der Waals surface area contributed by atoms with Crippen molar-refractivity contribution in [1.29, 1.82) is 0 Å². The molecule has 1 aromatic carbocycles. The molecule has 1 aliphatic rings. The van der Waals surface area contributed by atoms with Crippen LogP contribution in [-0.4, -0.2) is 16.3 Å². The number of rotatable bonds is 5. The number of benzene rings is 1. The van der Waals surface area contributed by atoms with E-state index >= 15 is 0 Å². The molecule has 0 radical (unpaired) electrons. The van der Waals surface area contributed by atoms with Gasteiger partial charge in [-0.15, -0.1) is 0 Å². The van der Waals surface area contributed by atoms with Gasteiger partial charge in [-0.05, 0) is 44.7 Å². The SMILES string of the molecule is CCn1nc(CNCC2CC=CCC2)c2ccccc21. The third-order valence-corrected chi connectivity index (χ3v) is 4.14. The molecule has 106 valence electrons. The molecule has 1 N–H and O–H groups in total. The maximum absolute atomic E-state index is 4.73. The summed E-state index contributed by atoms with van der Waals surface area (Å²) in [5, 5.41) is 9.60. The molecule has 0 saturated carbocycles. The van der Waals surface area contributed by atoms with Gasteiger partial charge in [-0.2, -0.15) is 5.10 Å². The predicted octanol–water partition coefficient (Wildman–Crippen LogP) is 3.50. The van der Waals surface area contributed by atoms with Crippen LogP contribution in [0.4, 0.5) is 0 Å². The first-order valence-corrected chi connectivity index (χ1v) is 7.68. The fourth-order valence-corrected chi connectivity index (χ4v) is 3.00. The molecule has 0 fully saturated rings. The Morgan fingerprint density at radius 1 is 1.30 bits per heavy atom. The average Bonchev–Trinajstić information content (AvgIpc) is 2.87. The topological polar surface area (TPSA) is 29.9 Å². The van der Waals surface area contributed by atoms with Gasteiger partial charge >= 0.3 is 0 Å². The van der Waals surface area contributed by atoms with Crippen LogP contribution >= 0.6 is 0 Å². The highest BCUT2D eigenvalue weighted by atomic mass is 15.3. The van der Waals surface area contributed by atoms with E-state index in [1.165, 1.54) is 35.9 Å². The van der Waals surface area contributed by atoms with Crippen LogP contribution in [0.25, 0.3) is 10.9 Å². The summed E-state index contributed by atoms with van der Waals surface area (Å²) in [6.45, 7) is 5.03. The van der Waals surface area contributed by atoms with Crippen LogP contribution < -0.4 is 5.32 Å². The summed E-state index contributed by atoms with van der Waals surface area (Å²) >= 11 is 0. The zero-order valence-corrected chi connectivity index (χ0v) is 12.2. The maximum atomic E-state index is 4.73. The Bertz CT molecular complexity index is 597. The van der Waals surface area contributed by atoms with Gasteiger partial charge in [-0.3, -0.25) is 4.68 Å². The van der Waals surface area contributed by atoms with Crippen LogP contribution in [0.15, 0.2) is 36.4 Å². The monoisotopic (exact) mass is 269 g/mol. The number of aryl methyl sites for hydroxylation is 1. The summed E-state index contributed by atoms with van der Waals surface area (Å²) in [7, 11) is 0. The van der Waals surface area contributed by atoms with Crippen molar-refractivity contribution in [3.63, 3.8) is 0 Å². The number of allylic oxidation sites excluding steroid dienone is 2. The first kappa shape index (κ1) is 13.4. The van der Waals surface area contributed by atoms with Crippen molar-refractivity contribution < 1.29 is 0 Å². The Kier molecular flexibility index (Phi) is 4.16. The van der Waals surface area contributed by atoms with Gasteiger partial charge in [0.15, 0.2) is 0 Å². The fourth-order valence-electron chi connectivity index (χ4n) is 3.00. The number of nitrogens with zero attached hydrogens (tertiary/aromatic N) is 2. The molecule has 0 saturated heterocycles. The van der Waals surface area contributed by atoms with Gasteiger partial charge in [-0.1, -0.05) is 30.4 Å². The molecule has 3 heteroatoms. The molecule has 1 aliphatic carbocycles. The summed E-state index contributed by atoms with van der Waals surface area (Å²) in [5.41, 5.74) is 2.42. The molecule has 1 aromatic heterocycles. The summed E-state index contributed by atoms with van der Waals surface area (Å²) in [6.07, 6.45) is 8.38. The van der Waals surface area contributed by atoms with E-state index in [1.54, 1.807) is 0 Å². The lowest BCUT2D eigenvalue weighted by molar-refractivity contribution is 0.438. The van der Waals surface area contributed by atoms with Crippen molar-refractivity contribution in [2.45, 2.75) is 39.3 Å². The molecule has 0 spiro atoms. The van der Waals surface area contributed by atoms with Crippen molar-refractivity contribution in [2.75, 3.05) is 6.54 Å². The summed E-state index contributed by atoms with van der Waals surface area (Å²) in [4.78, 5) is 0. The van der Waals surface area contributed by atoms with Gasteiger partial charge < -0.3 is 5.32 Å². The van der Waals surface area contributed by atoms with Crippen LogP contribution in [-0.2, 0) is 13.1 Å². The second-order valence-corrected chi connectivity index (χ2v) is 5.56. The van der Waals surface area contributed by atoms with Crippen LogP contribution in [0.3, 0.4) is 0 Å². The number of fused-ring (bicyclic) bond motifs is 1. The largest absolute Gasteiger partial charge is 0.311 e. The highest BCUT2D eigenvalue weighted by molar-refractivity contribution is 5.81. The second kappa shape index (κ2) is 6.23. The van der Waals surface area contributed by atoms with Gasteiger partial charge in [0.25, 0.3) is 0 Å². The molecule has 1 unspecified atom stereocenters. The summed E-state index contributed by atoms with van der Waals surface area (Å²) in [5.74, 6) is 0.791. The lowest BCUT2D eigenvalue weighted by atomic mass is 9.94. The van der Waals surface area contributed by atoms with Crippen molar-refractivity contribution in [3.8, 4) is 0 Å². The fraction of sp³-hybridized carbons (Fsp3) is 0.471. The van der Waals surface area contributed by atoms with E-state index in [2.05, 4.69) is 53.3 Å². The highest BCUT2D eigenvalue weighted by Gasteiger charge is 2.11. The van der Waals surface area contributed by atoms with Crippen molar-refractivity contribution >= 4 is 10.9 Å². The minimum absolute atomic E-state index is 0.791. The number of aromatic nitrogens is 2. The predicted molar refractivity (Wildman–Crippen MR) is 83.6 cm³/mol. The Hall–Kier alpha value is -1.61. The Morgan fingerprint density at radius 2 is 2.20 bits per heavy atom. The zero-order valence-electron chi connectivity index (χ0n) is 12.2. The number of nitrogens with one attached hydrogen (secondary N) is 1. The van der Waals surface area contributed by atoms with E-state index in [4.69, 9.17) is 5.10 Å². The van der Waals surface area contributed by atoms with Gasteiger partial charge in [-0.25, -0.2) is 0 Å². The first-order valence-electron chi connectivity index (χ1n) is 7.68. The number of hydrogen-bond acceptors (Lipinski definition) is 2. The molecule has 0 bridgehead atoms. The van der Waals surface area contributed by atoms with Crippen molar-refractivity contribution in [2.24, 2.45) is 5.92 Å². The molecule has 2 aromatic rings. The van der Waals surface area contributed by atoms with Crippen LogP contribution in [0.5, 0.6) is 0 Å². The lowest BCUT2D eigenvalue weighted by Gasteiger charge is -2.17. The maximum Gasteiger partial charge on any atom is 0.0841 e. The van der Waals surface area contributed by atoms with E-state index in [0.29, 0.717) is 0 Å². The standard InChI is InChI=1S/C17H23N3/c1-2-20-17-11-7-6-10-15(17)16(19-20)13-18-12-14-8-4-3-5-9-14/h3-4,6-7,10-11,14,18H,2,5,8-9,12-13H2,1H3. The summed E-state index contributed by atoms with van der Waals surface area (Å²) < 4.78 is 2.09. The second-order valence-electron chi connectivity index (χ2n) is 5.56. The van der Waals surface area contributed by atoms with E-state index in [9.17, 15) is 0 Å². The average molecular weight is 269 g/mol. The Balaban J connectivity index is 1.66. The molecule has 3 nitrogen and oxygen atoms in total. The van der Waals surface area contributed by atoms with Crippen LogP contribution in [0.1, 0.15) is 31.9 Å². The van der Waals surface area contributed by atoms with E-state index in [1.807, 2.05) is 0 Å². The molecule has 1 atom stereocenters. The highest BCUT2D eigenvalue weighted by Crippen LogP contribution is 2.19.